The van der Waals surface area contributed by atoms with Crippen LogP contribution in [0.1, 0.15) is 19.4 Å². The van der Waals surface area contributed by atoms with E-state index in [0.717, 1.165) is 0 Å². The van der Waals surface area contributed by atoms with Gasteiger partial charge in [-0.1, -0.05) is 13.8 Å². The first-order valence-electron chi connectivity index (χ1n) is 6.23. The van der Waals surface area contributed by atoms with Gasteiger partial charge >= 0.3 is 0 Å². The van der Waals surface area contributed by atoms with E-state index in [9.17, 15) is 14.9 Å². The minimum atomic E-state index is -0.472. The lowest BCUT2D eigenvalue weighted by atomic mass is 9.95. The molecule has 0 spiro atoms. The molecule has 0 fully saturated rings. The lowest BCUT2D eigenvalue weighted by Crippen LogP contribution is -2.33. The van der Waals surface area contributed by atoms with Gasteiger partial charge < -0.3 is 11.1 Å². The summed E-state index contributed by atoms with van der Waals surface area (Å²) in [5.41, 5.74) is 6.47. The van der Waals surface area contributed by atoms with Crippen LogP contribution in [0.4, 0.5) is 11.4 Å². The molecule has 0 aliphatic rings. The number of aryl methyl sites for hydroxylation is 1. The zero-order valence-corrected chi connectivity index (χ0v) is 13.2. The summed E-state index contributed by atoms with van der Waals surface area (Å²) in [5, 5.41) is 13.6. The normalized spacial score (nSPS) is 12.3. The van der Waals surface area contributed by atoms with E-state index >= 15 is 0 Å². The number of amides is 1. The number of hydrogen-bond donors (Lipinski definition) is 2. The van der Waals surface area contributed by atoms with Crippen molar-refractivity contribution in [1.82, 2.24) is 0 Å². The second kappa shape index (κ2) is 6.81. The van der Waals surface area contributed by atoms with Crippen molar-refractivity contribution in [3.8, 4) is 0 Å². The molecule has 1 aromatic rings. The highest BCUT2D eigenvalue weighted by atomic mass is 79.9. The molecule has 0 aromatic heterocycles. The number of nitro benzene ring substituents is 1. The fourth-order valence-corrected chi connectivity index (χ4v) is 2.42. The van der Waals surface area contributed by atoms with Crippen LogP contribution in [-0.4, -0.2) is 17.4 Å². The zero-order chi connectivity index (χ0) is 15.4. The summed E-state index contributed by atoms with van der Waals surface area (Å²) in [6.45, 7) is 5.69. The van der Waals surface area contributed by atoms with Gasteiger partial charge in [-0.25, -0.2) is 0 Å². The number of rotatable bonds is 5. The number of nitrogens with zero attached hydrogens (tertiary/aromatic N) is 1. The minimum Gasteiger partial charge on any atom is -0.330 e. The topological polar surface area (TPSA) is 98.3 Å². The largest absolute Gasteiger partial charge is 0.330 e. The molecule has 0 saturated carbocycles. The highest BCUT2D eigenvalue weighted by molar-refractivity contribution is 9.10. The molecule has 1 amide bonds. The smallest absolute Gasteiger partial charge is 0.274 e. The van der Waals surface area contributed by atoms with Crippen LogP contribution in [0.25, 0.3) is 0 Å². The first-order chi connectivity index (χ1) is 9.27. The number of halogens is 1. The predicted molar refractivity (Wildman–Crippen MR) is 81.5 cm³/mol. The molecular weight excluding hydrogens is 326 g/mol. The molecule has 1 unspecified atom stereocenters. The van der Waals surface area contributed by atoms with Crippen LogP contribution in [0, 0.1) is 28.9 Å². The van der Waals surface area contributed by atoms with Crippen LogP contribution >= 0.6 is 15.9 Å². The van der Waals surface area contributed by atoms with E-state index in [2.05, 4.69) is 21.2 Å². The molecule has 0 aliphatic heterocycles. The van der Waals surface area contributed by atoms with Gasteiger partial charge in [-0.3, -0.25) is 14.9 Å². The molecule has 0 heterocycles. The van der Waals surface area contributed by atoms with E-state index in [4.69, 9.17) is 5.73 Å². The molecule has 0 radical (unpaired) electrons. The number of nitrogens with two attached hydrogens (primary N) is 1. The molecule has 1 atom stereocenters. The highest BCUT2D eigenvalue weighted by Crippen LogP contribution is 2.31. The van der Waals surface area contributed by atoms with Gasteiger partial charge in [-0.2, -0.15) is 0 Å². The Kier molecular flexibility index (Phi) is 5.64. The predicted octanol–water partition coefficient (Wildman–Crippen LogP) is 2.84. The number of nitrogens with one attached hydrogen (secondary N) is 1. The van der Waals surface area contributed by atoms with Crippen LogP contribution in [0.15, 0.2) is 16.6 Å². The summed E-state index contributed by atoms with van der Waals surface area (Å²) in [7, 11) is 0. The van der Waals surface area contributed by atoms with Crippen molar-refractivity contribution in [2.24, 2.45) is 17.6 Å². The maximum atomic E-state index is 12.1. The van der Waals surface area contributed by atoms with Crippen molar-refractivity contribution in [2.45, 2.75) is 20.8 Å². The van der Waals surface area contributed by atoms with Crippen molar-refractivity contribution < 1.29 is 9.72 Å². The Morgan fingerprint density at radius 2 is 2.10 bits per heavy atom. The summed E-state index contributed by atoms with van der Waals surface area (Å²) in [6, 6.07) is 2.96. The van der Waals surface area contributed by atoms with E-state index in [-0.39, 0.29) is 30.0 Å². The van der Waals surface area contributed by atoms with Crippen LogP contribution in [0.2, 0.25) is 0 Å². The van der Waals surface area contributed by atoms with Crippen molar-refractivity contribution >= 4 is 33.2 Å². The van der Waals surface area contributed by atoms with Crippen molar-refractivity contribution in [3.63, 3.8) is 0 Å². The third-order valence-corrected chi connectivity index (χ3v) is 3.79. The highest BCUT2D eigenvalue weighted by Gasteiger charge is 2.22. The van der Waals surface area contributed by atoms with E-state index < -0.39 is 4.92 Å². The first kappa shape index (κ1) is 16.6. The van der Waals surface area contributed by atoms with Crippen molar-refractivity contribution in [2.75, 3.05) is 11.9 Å². The van der Waals surface area contributed by atoms with Gasteiger partial charge in [0.2, 0.25) is 5.91 Å². The van der Waals surface area contributed by atoms with Crippen LogP contribution < -0.4 is 11.1 Å². The third-order valence-electron chi connectivity index (χ3n) is 3.14. The lowest BCUT2D eigenvalue weighted by molar-refractivity contribution is -0.385. The maximum Gasteiger partial charge on any atom is 0.274 e. The quantitative estimate of drug-likeness (QED) is 0.634. The van der Waals surface area contributed by atoms with Crippen LogP contribution in [0.3, 0.4) is 0 Å². The number of hydrogen-bond acceptors (Lipinski definition) is 4. The van der Waals surface area contributed by atoms with Gasteiger partial charge in [0.1, 0.15) is 0 Å². The number of anilines is 1. The van der Waals surface area contributed by atoms with Gasteiger partial charge in [-0.15, -0.1) is 0 Å². The Hall–Kier alpha value is -1.47. The molecule has 20 heavy (non-hydrogen) atoms. The Bertz CT molecular complexity index is 532. The molecule has 3 N–H and O–H groups in total. The molecule has 6 nitrogen and oxygen atoms in total. The second-order valence-corrected chi connectivity index (χ2v) is 5.81. The Balaban J connectivity index is 3.06. The Labute approximate surface area is 126 Å². The summed E-state index contributed by atoms with van der Waals surface area (Å²) in [4.78, 5) is 22.6. The molecular formula is C13H18BrN3O3. The third kappa shape index (κ3) is 3.77. The van der Waals surface area contributed by atoms with Gasteiger partial charge in [0.25, 0.3) is 5.69 Å². The zero-order valence-electron chi connectivity index (χ0n) is 11.6. The summed E-state index contributed by atoms with van der Waals surface area (Å²) in [5.74, 6) is -0.470. The molecule has 1 rings (SSSR count). The van der Waals surface area contributed by atoms with Gasteiger partial charge in [0.05, 0.1) is 16.5 Å². The van der Waals surface area contributed by atoms with Crippen molar-refractivity contribution in [1.29, 1.82) is 0 Å². The summed E-state index contributed by atoms with van der Waals surface area (Å²) in [6.07, 6.45) is 0. The number of nitro groups is 1. The van der Waals surface area contributed by atoms with E-state index in [1.54, 1.807) is 13.0 Å². The maximum absolute atomic E-state index is 12.1. The van der Waals surface area contributed by atoms with Gasteiger partial charge in [-0.05, 0) is 34.8 Å². The first-order valence-corrected chi connectivity index (χ1v) is 7.02. The second-order valence-electron chi connectivity index (χ2n) is 4.95. The minimum absolute atomic E-state index is 0.0302. The Morgan fingerprint density at radius 1 is 1.50 bits per heavy atom. The fraction of sp³-hybridized carbons (Fsp3) is 0.462. The molecule has 1 aromatic carbocycles. The van der Waals surface area contributed by atoms with Gasteiger partial charge in [0.15, 0.2) is 0 Å². The molecule has 0 aliphatic carbocycles. The number of carbonyl (C=O) groups excluding carboxylic acids is 1. The number of benzene rings is 1. The van der Waals surface area contributed by atoms with Gasteiger partial charge in [0, 0.05) is 22.6 Å². The average molecular weight is 344 g/mol. The van der Waals surface area contributed by atoms with Crippen molar-refractivity contribution in [3.05, 3.63) is 32.3 Å². The fourth-order valence-electron chi connectivity index (χ4n) is 1.86. The van der Waals surface area contributed by atoms with Crippen LogP contribution in [0.5, 0.6) is 0 Å². The SMILES string of the molecule is Cc1cc(Br)c(NC(=O)C(CN)C(C)C)cc1[N+](=O)[O-]. The van der Waals surface area contributed by atoms with E-state index in [0.29, 0.717) is 15.7 Å². The monoisotopic (exact) mass is 343 g/mol. The van der Waals surface area contributed by atoms with E-state index in [1.807, 2.05) is 13.8 Å². The summed E-state index contributed by atoms with van der Waals surface area (Å²) < 4.78 is 0.605. The molecule has 0 saturated heterocycles. The Morgan fingerprint density at radius 3 is 2.55 bits per heavy atom. The molecule has 7 heteroatoms. The van der Waals surface area contributed by atoms with Crippen LogP contribution in [-0.2, 0) is 4.79 Å². The standard InChI is InChI=1S/C13H18BrN3O3/c1-7(2)9(6-15)13(18)16-11-5-12(17(19)20)8(3)4-10(11)14/h4-5,7,9H,6,15H2,1-3H3,(H,16,18). The molecule has 0 bridgehead atoms. The summed E-state index contributed by atoms with van der Waals surface area (Å²) >= 11 is 3.30. The average Bonchev–Trinajstić information content (AvgIpc) is 2.32. The van der Waals surface area contributed by atoms with E-state index in [1.165, 1.54) is 6.07 Å². The number of carbonyl (C=O) groups is 1. The molecule has 110 valence electrons. The lowest BCUT2D eigenvalue weighted by Gasteiger charge is -2.18.